The predicted molar refractivity (Wildman–Crippen MR) is 191 cm³/mol. The molecule has 218 valence electrons. The normalized spacial score (nSPS) is 11.6. The van der Waals surface area contributed by atoms with Gasteiger partial charge in [-0.05, 0) is 77.2 Å². The molecular formula is C43H29NO2. The van der Waals surface area contributed by atoms with Gasteiger partial charge < -0.3 is 13.7 Å². The van der Waals surface area contributed by atoms with E-state index >= 15 is 0 Å². The number of para-hydroxylation sites is 1. The van der Waals surface area contributed by atoms with Crippen molar-refractivity contribution < 1.29 is 8.83 Å². The smallest absolute Gasteiger partial charge is 0.163 e. The van der Waals surface area contributed by atoms with E-state index in [0.29, 0.717) is 0 Å². The lowest BCUT2D eigenvalue weighted by molar-refractivity contribution is 0.663. The highest BCUT2D eigenvalue weighted by atomic mass is 16.3. The number of benzene rings is 7. The van der Waals surface area contributed by atoms with Crippen LogP contribution in [0.2, 0.25) is 0 Å². The number of furan rings is 2. The van der Waals surface area contributed by atoms with Crippen LogP contribution < -0.4 is 4.90 Å². The van der Waals surface area contributed by atoms with Crippen LogP contribution in [-0.4, -0.2) is 0 Å². The Balaban J connectivity index is 1.33. The zero-order valence-electron chi connectivity index (χ0n) is 25.3. The number of hydrogen-bond donors (Lipinski definition) is 0. The lowest BCUT2D eigenvalue weighted by atomic mass is 10.0. The Kier molecular flexibility index (Phi) is 6.04. The molecule has 0 aliphatic rings. The van der Waals surface area contributed by atoms with Crippen LogP contribution in [0.5, 0.6) is 0 Å². The molecule has 46 heavy (non-hydrogen) atoms. The first kappa shape index (κ1) is 26.4. The third-order valence-electron chi connectivity index (χ3n) is 9.00. The predicted octanol–water partition coefficient (Wildman–Crippen LogP) is 12.6. The van der Waals surface area contributed by atoms with Crippen molar-refractivity contribution in [1.82, 2.24) is 0 Å². The molecule has 0 aliphatic heterocycles. The fourth-order valence-electron chi connectivity index (χ4n) is 6.79. The summed E-state index contributed by atoms with van der Waals surface area (Å²) in [5.74, 6) is 0. The van der Waals surface area contributed by atoms with Crippen LogP contribution in [0.3, 0.4) is 0 Å². The van der Waals surface area contributed by atoms with Crippen LogP contribution in [0, 0.1) is 6.92 Å². The topological polar surface area (TPSA) is 29.5 Å². The van der Waals surface area contributed by atoms with E-state index in [0.717, 1.165) is 60.9 Å². The van der Waals surface area contributed by atoms with E-state index in [9.17, 15) is 0 Å². The molecule has 9 aromatic rings. The van der Waals surface area contributed by atoms with E-state index in [1.165, 1.54) is 27.8 Å². The molecule has 0 unspecified atom stereocenters. The maximum Gasteiger partial charge on any atom is 0.163 e. The van der Waals surface area contributed by atoms with Gasteiger partial charge in [0.05, 0.1) is 11.1 Å². The largest absolute Gasteiger partial charge is 0.455 e. The summed E-state index contributed by atoms with van der Waals surface area (Å²) >= 11 is 0. The minimum Gasteiger partial charge on any atom is -0.455 e. The van der Waals surface area contributed by atoms with Gasteiger partial charge in [0.2, 0.25) is 0 Å². The van der Waals surface area contributed by atoms with Gasteiger partial charge in [0.25, 0.3) is 0 Å². The van der Waals surface area contributed by atoms with Crippen molar-refractivity contribution in [3.8, 4) is 22.3 Å². The summed E-state index contributed by atoms with van der Waals surface area (Å²) in [4.78, 5) is 2.31. The van der Waals surface area contributed by atoms with E-state index in [1.54, 1.807) is 0 Å². The Bertz CT molecular complexity index is 2420. The van der Waals surface area contributed by atoms with Gasteiger partial charge in [0.1, 0.15) is 16.7 Å². The molecule has 0 bridgehead atoms. The molecule has 2 aromatic heterocycles. The second-order valence-electron chi connectivity index (χ2n) is 11.8. The highest BCUT2D eigenvalue weighted by Gasteiger charge is 2.25. The second-order valence-corrected chi connectivity index (χ2v) is 11.8. The summed E-state index contributed by atoms with van der Waals surface area (Å²) in [6.45, 7) is 2.15. The molecule has 0 saturated heterocycles. The summed E-state index contributed by atoms with van der Waals surface area (Å²) in [5, 5.41) is 4.24. The zero-order chi connectivity index (χ0) is 30.6. The molecule has 0 N–H and O–H groups in total. The van der Waals surface area contributed by atoms with Crippen molar-refractivity contribution in [1.29, 1.82) is 0 Å². The average molecular weight is 592 g/mol. The third-order valence-corrected chi connectivity index (χ3v) is 9.00. The summed E-state index contributed by atoms with van der Waals surface area (Å²) in [6, 6.07) is 55.3. The molecular weight excluding hydrogens is 562 g/mol. The molecule has 2 heterocycles. The van der Waals surface area contributed by atoms with Gasteiger partial charge in [0.15, 0.2) is 5.58 Å². The number of nitrogens with zero attached hydrogens (tertiary/aromatic N) is 1. The number of rotatable bonds is 5. The van der Waals surface area contributed by atoms with Gasteiger partial charge in [-0.1, -0.05) is 115 Å². The van der Waals surface area contributed by atoms with Gasteiger partial charge in [-0.25, -0.2) is 0 Å². The van der Waals surface area contributed by atoms with Crippen molar-refractivity contribution in [2.24, 2.45) is 0 Å². The van der Waals surface area contributed by atoms with Crippen LogP contribution in [0.4, 0.5) is 17.1 Å². The maximum absolute atomic E-state index is 6.73. The quantitative estimate of drug-likeness (QED) is 0.199. The minimum atomic E-state index is 0.796. The van der Waals surface area contributed by atoms with E-state index < -0.39 is 0 Å². The van der Waals surface area contributed by atoms with Crippen molar-refractivity contribution in [2.45, 2.75) is 6.92 Å². The Morgan fingerprint density at radius 2 is 0.935 bits per heavy atom. The fourth-order valence-corrected chi connectivity index (χ4v) is 6.79. The van der Waals surface area contributed by atoms with E-state index in [-0.39, 0.29) is 0 Å². The SMILES string of the molecule is Cc1cccc2oc3c(cc(N(c4ccc(-c5ccccc5)cc4)c4ccc(-c5ccccc5)cc4)c4oc5ccccc5c43)c12. The molecule has 7 aromatic carbocycles. The van der Waals surface area contributed by atoms with Crippen LogP contribution in [-0.2, 0) is 0 Å². The Morgan fingerprint density at radius 3 is 1.57 bits per heavy atom. The Hall–Kier alpha value is -6.06. The molecule has 0 atom stereocenters. The van der Waals surface area contributed by atoms with E-state index in [4.69, 9.17) is 8.83 Å². The van der Waals surface area contributed by atoms with Crippen molar-refractivity contribution in [3.05, 3.63) is 163 Å². The molecule has 0 radical (unpaired) electrons. The minimum absolute atomic E-state index is 0.796. The highest BCUT2D eigenvalue weighted by molar-refractivity contribution is 6.26. The lowest BCUT2D eigenvalue weighted by Crippen LogP contribution is -2.10. The average Bonchev–Trinajstić information content (AvgIpc) is 3.69. The van der Waals surface area contributed by atoms with Crippen LogP contribution in [0.15, 0.2) is 167 Å². The number of hydrogen-bond acceptors (Lipinski definition) is 3. The standard InChI is InChI=1S/C43H29NO2/c1-28-11-10-18-39-40(28)36-27-37(43-41(42(36)46-39)35-16-8-9-17-38(35)45-43)44(33-23-19-31(20-24-33)29-12-4-2-5-13-29)34-25-21-32(22-26-34)30-14-6-3-7-15-30/h2-27H,1H3. The number of fused-ring (bicyclic) bond motifs is 7. The summed E-state index contributed by atoms with van der Waals surface area (Å²) in [5.41, 5.74) is 12.3. The van der Waals surface area contributed by atoms with E-state index in [1.807, 2.05) is 12.1 Å². The molecule has 0 saturated carbocycles. The van der Waals surface area contributed by atoms with E-state index in [2.05, 4.69) is 157 Å². The van der Waals surface area contributed by atoms with Gasteiger partial charge in [0, 0.05) is 27.5 Å². The lowest BCUT2D eigenvalue weighted by Gasteiger charge is -2.26. The molecule has 0 spiro atoms. The highest BCUT2D eigenvalue weighted by Crippen LogP contribution is 2.48. The van der Waals surface area contributed by atoms with Gasteiger partial charge in [-0.2, -0.15) is 0 Å². The molecule has 0 aliphatic carbocycles. The molecule has 0 fully saturated rings. The molecule has 3 nitrogen and oxygen atoms in total. The zero-order valence-corrected chi connectivity index (χ0v) is 25.3. The van der Waals surface area contributed by atoms with Crippen molar-refractivity contribution in [3.63, 3.8) is 0 Å². The summed E-state index contributed by atoms with van der Waals surface area (Å²) in [7, 11) is 0. The molecule has 3 heteroatoms. The number of anilines is 3. The first-order valence-electron chi connectivity index (χ1n) is 15.6. The fraction of sp³-hybridized carbons (Fsp3) is 0.0233. The van der Waals surface area contributed by atoms with Crippen LogP contribution in [0.1, 0.15) is 5.56 Å². The molecule has 9 rings (SSSR count). The van der Waals surface area contributed by atoms with Gasteiger partial charge in [-0.3, -0.25) is 0 Å². The second kappa shape index (κ2) is 10.5. The Labute approximate surface area is 266 Å². The summed E-state index contributed by atoms with van der Waals surface area (Å²) < 4.78 is 13.3. The van der Waals surface area contributed by atoms with Crippen molar-refractivity contribution >= 4 is 60.9 Å². The number of aryl methyl sites for hydroxylation is 1. The van der Waals surface area contributed by atoms with Crippen LogP contribution in [0.25, 0.3) is 66.1 Å². The van der Waals surface area contributed by atoms with Crippen molar-refractivity contribution in [2.75, 3.05) is 4.90 Å². The maximum atomic E-state index is 6.73. The van der Waals surface area contributed by atoms with Gasteiger partial charge in [-0.15, -0.1) is 0 Å². The Morgan fingerprint density at radius 1 is 0.413 bits per heavy atom. The third kappa shape index (κ3) is 4.21. The van der Waals surface area contributed by atoms with Crippen LogP contribution >= 0.6 is 0 Å². The first-order valence-corrected chi connectivity index (χ1v) is 15.6. The molecule has 0 amide bonds. The monoisotopic (exact) mass is 591 g/mol. The summed E-state index contributed by atoms with van der Waals surface area (Å²) in [6.07, 6.45) is 0. The van der Waals surface area contributed by atoms with Gasteiger partial charge >= 0.3 is 0 Å². The first-order chi connectivity index (χ1) is 22.7.